The third-order valence-corrected chi connectivity index (χ3v) is 3.55. The van der Waals surface area contributed by atoms with Gasteiger partial charge in [0.05, 0.1) is 19.3 Å². The number of carboxylic acids is 1. The minimum absolute atomic E-state index is 0.0341. The molecule has 2 atom stereocenters. The van der Waals surface area contributed by atoms with Crippen LogP contribution >= 0.6 is 0 Å². The molecular weight excluding hydrogens is 279 g/mol. The van der Waals surface area contributed by atoms with Gasteiger partial charge in [-0.3, -0.25) is 4.79 Å². The summed E-state index contributed by atoms with van der Waals surface area (Å²) < 4.78 is 18.4. The van der Waals surface area contributed by atoms with Crippen LogP contribution in [0.1, 0.15) is 12.5 Å². The second kappa shape index (κ2) is 5.69. The van der Waals surface area contributed by atoms with Gasteiger partial charge in [0, 0.05) is 5.69 Å². The highest BCUT2D eigenvalue weighted by Gasteiger charge is 2.47. The van der Waals surface area contributed by atoms with Crippen LogP contribution in [0.3, 0.4) is 0 Å². The molecule has 0 aromatic heterocycles. The molecule has 114 valence electrons. The number of halogens is 1. The molecule has 0 aliphatic carbocycles. The topological polar surface area (TPSA) is 87.7 Å². The molecule has 0 radical (unpaired) electrons. The smallest absolute Gasteiger partial charge is 0.319 e. The summed E-state index contributed by atoms with van der Waals surface area (Å²) in [6, 6.07) is 2.90. The first-order chi connectivity index (χ1) is 9.81. The van der Waals surface area contributed by atoms with Crippen molar-refractivity contribution in [2.75, 3.05) is 18.5 Å². The van der Waals surface area contributed by atoms with Crippen LogP contribution < -0.4 is 10.6 Å². The fourth-order valence-electron chi connectivity index (χ4n) is 2.22. The van der Waals surface area contributed by atoms with Crippen molar-refractivity contribution in [3.8, 4) is 0 Å². The molecule has 1 saturated heterocycles. The summed E-state index contributed by atoms with van der Waals surface area (Å²) in [7, 11) is 0. The van der Waals surface area contributed by atoms with Gasteiger partial charge in [-0.1, -0.05) is 0 Å². The van der Waals surface area contributed by atoms with Gasteiger partial charge in [0.1, 0.15) is 11.2 Å². The van der Waals surface area contributed by atoms with Crippen molar-refractivity contribution < 1.29 is 23.8 Å². The van der Waals surface area contributed by atoms with Crippen molar-refractivity contribution in [2.45, 2.75) is 19.9 Å². The summed E-state index contributed by atoms with van der Waals surface area (Å²) in [5.41, 5.74) is -0.194. The Kier molecular flexibility index (Phi) is 4.13. The average Bonchev–Trinajstić information content (AvgIpc) is 2.70. The fourth-order valence-corrected chi connectivity index (χ4v) is 2.22. The molecule has 2 amide bonds. The van der Waals surface area contributed by atoms with Gasteiger partial charge in [-0.15, -0.1) is 0 Å². The summed E-state index contributed by atoms with van der Waals surface area (Å²) in [5, 5.41) is 14.3. The zero-order valence-electron chi connectivity index (χ0n) is 11.8. The Bertz CT molecular complexity index is 558. The lowest BCUT2D eigenvalue weighted by atomic mass is 9.85. The maximum atomic E-state index is 13.2. The molecule has 6 nitrogen and oxygen atoms in total. The Hall–Kier alpha value is -2.15. The number of benzene rings is 1. The summed E-state index contributed by atoms with van der Waals surface area (Å²) in [6.07, 6.45) is 0. The van der Waals surface area contributed by atoms with E-state index in [2.05, 4.69) is 10.6 Å². The third-order valence-electron chi connectivity index (χ3n) is 3.55. The van der Waals surface area contributed by atoms with E-state index in [0.717, 1.165) is 0 Å². The summed E-state index contributed by atoms with van der Waals surface area (Å²) in [4.78, 5) is 23.2. The fraction of sp³-hybridized carbons (Fsp3) is 0.429. The van der Waals surface area contributed by atoms with Crippen LogP contribution in [0.4, 0.5) is 14.9 Å². The molecule has 0 bridgehead atoms. The van der Waals surface area contributed by atoms with Gasteiger partial charge in [-0.05, 0) is 37.6 Å². The van der Waals surface area contributed by atoms with Gasteiger partial charge in [-0.25, -0.2) is 9.18 Å². The highest BCUT2D eigenvalue weighted by molar-refractivity contribution is 5.90. The number of carbonyl (C=O) groups is 2. The van der Waals surface area contributed by atoms with Crippen molar-refractivity contribution in [2.24, 2.45) is 5.41 Å². The first-order valence-corrected chi connectivity index (χ1v) is 6.47. The Morgan fingerprint density at radius 2 is 2.14 bits per heavy atom. The van der Waals surface area contributed by atoms with E-state index in [-0.39, 0.29) is 13.2 Å². The van der Waals surface area contributed by atoms with Crippen LogP contribution in [0.25, 0.3) is 0 Å². The van der Waals surface area contributed by atoms with Gasteiger partial charge in [-0.2, -0.15) is 0 Å². The minimum atomic E-state index is -1.17. The predicted octanol–water partition coefficient (Wildman–Crippen LogP) is 1.75. The second-order valence-corrected chi connectivity index (χ2v) is 5.41. The lowest BCUT2D eigenvalue weighted by Gasteiger charge is -2.25. The number of hydrogen-bond acceptors (Lipinski definition) is 3. The number of hydrogen-bond donors (Lipinski definition) is 3. The van der Waals surface area contributed by atoms with Gasteiger partial charge < -0.3 is 20.5 Å². The Morgan fingerprint density at radius 1 is 1.43 bits per heavy atom. The normalized spacial score (nSPS) is 24.6. The van der Waals surface area contributed by atoms with Crippen molar-refractivity contribution in [3.05, 3.63) is 29.6 Å². The molecule has 1 aliphatic rings. The van der Waals surface area contributed by atoms with Crippen molar-refractivity contribution in [1.82, 2.24) is 5.32 Å². The summed E-state index contributed by atoms with van der Waals surface area (Å²) in [5.74, 6) is -1.49. The zero-order valence-corrected chi connectivity index (χ0v) is 11.8. The standard InChI is InChI=1S/C14H17FN2O4/c1-8-3-9(15)5-10(4-8)16-13(20)17-11-6-21-7-14(11,2)12(18)19/h3-5,11H,6-7H2,1-2H3,(H,18,19)(H2,16,17,20). The highest BCUT2D eigenvalue weighted by Crippen LogP contribution is 2.28. The van der Waals surface area contributed by atoms with E-state index < -0.39 is 29.3 Å². The molecule has 7 heteroatoms. The van der Waals surface area contributed by atoms with Crippen LogP contribution in [0.5, 0.6) is 0 Å². The summed E-state index contributed by atoms with van der Waals surface area (Å²) >= 11 is 0. The SMILES string of the molecule is Cc1cc(F)cc(NC(=O)NC2COCC2(C)C(=O)O)c1. The van der Waals surface area contributed by atoms with E-state index in [1.165, 1.54) is 19.1 Å². The number of ether oxygens (including phenoxy) is 1. The molecule has 1 fully saturated rings. The van der Waals surface area contributed by atoms with Crippen LogP contribution in [-0.4, -0.2) is 36.4 Å². The number of carbonyl (C=O) groups excluding carboxylic acids is 1. The summed E-state index contributed by atoms with van der Waals surface area (Å²) in [6.45, 7) is 3.38. The van der Waals surface area contributed by atoms with E-state index in [1.54, 1.807) is 13.0 Å². The minimum Gasteiger partial charge on any atom is -0.481 e. The number of rotatable bonds is 3. The Balaban J connectivity index is 2.03. The quantitative estimate of drug-likeness (QED) is 0.793. The highest BCUT2D eigenvalue weighted by atomic mass is 19.1. The number of nitrogens with one attached hydrogen (secondary N) is 2. The van der Waals surface area contributed by atoms with E-state index in [0.29, 0.717) is 11.3 Å². The first-order valence-electron chi connectivity index (χ1n) is 6.47. The monoisotopic (exact) mass is 296 g/mol. The molecule has 2 unspecified atom stereocenters. The maximum absolute atomic E-state index is 13.2. The van der Waals surface area contributed by atoms with Crippen LogP contribution in [0.15, 0.2) is 18.2 Å². The average molecular weight is 296 g/mol. The van der Waals surface area contributed by atoms with Crippen molar-refractivity contribution in [3.63, 3.8) is 0 Å². The van der Waals surface area contributed by atoms with Crippen LogP contribution in [0.2, 0.25) is 0 Å². The number of carboxylic acid groups (broad SMARTS) is 1. The number of amides is 2. The number of aliphatic carboxylic acids is 1. The van der Waals surface area contributed by atoms with Crippen LogP contribution in [0, 0.1) is 18.2 Å². The molecule has 0 saturated carbocycles. The van der Waals surface area contributed by atoms with E-state index in [4.69, 9.17) is 4.74 Å². The molecule has 21 heavy (non-hydrogen) atoms. The first kappa shape index (κ1) is 15.2. The maximum Gasteiger partial charge on any atom is 0.319 e. The van der Waals surface area contributed by atoms with E-state index in [9.17, 15) is 19.1 Å². The molecular formula is C14H17FN2O4. The molecule has 1 aliphatic heterocycles. The Labute approximate surface area is 121 Å². The number of urea groups is 1. The number of anilines is 1. The van der Waals surface area contributed by atoms with Gasteiger partial charge in [0.25, 0.3) is 0 Å². The molecule has 1 aromatic rings. The van der Waals surface area contributed by atoms with Crippen molar-refractivity contribution in [1.29, 1.82) is 0 Å². The van der Waals surface area contributed by atoms with Gasteiger partial charge in [0.15, 0.2) is 0 Å². The lowest BCUT2D eigenvalue weighted by Crippen LogP contribution is -2.50. The third kappa shape index (κ3) is 3.30. The molecule has 0 spiro atoms. The van der Waals surface area contributed by atoms with E-state index >= 15 is 0 Å². The Morgan fingerprint density at radius 3 is 2.76 bits per heavy atom. The van der Waals surface area contributed by atoms with Crippen molar-refractivity contribution >= 4 is 17.7 Å². The largest absolute Gasteiger partial charge is 0.481 e. The molecule has 1 aromatic carbocycles. The van der Waals surface area contributed by atoms with Gasteiger partial charge >= 0.3 is 12.0 Å². The molecule has 2 rings (SSSR count). The lowest BCUT2D eigenvalue weighted by molar-refractivity contribution is -0.148. The van der Waals surface area contributed by atoms with Gasteiger partial charge in [0.2, 0.25) is 0 Å². The number of aryl methyl sites for hydroxylation is 1. The second-order valence-electron chi connectivity index (χ2n) is 5.41. The van der Waals surface area contributed by atoms with Crippen LogP contribution in [-0.2, 0) is 9.53 Å². The zero-order chi connectivity index (χ0) is 15.6. The molecule has 1 heterocycles. The molecule has 3 N–H and O–H groups in total. The predicted molar refractivity (Wildman–Crippen MR) is 73.6 cm³/mol. The van der Waals surface area contributed by atoms with E-state index in [1.807, 2.05) is 0 Å².